The lowest BCUT2D eigenvalue weighted by Crippen LogP contribution is -1.66. The van der Waals surface area contributed by atoms with Gasteiger partial charge < -0.3 is 0 Å². The van der Waals surface area contributed by atoms with Crippen LogP contribution in [0.3, 0.4) is 0 Å². The van der Waals surface area contributed by atoms with Gasteiger partial charge in [-0.1, -0.05) is 34.6 Å². The monoisotopic (exact) mass is 168 g/mol. The summed E-state index contributed by atoms with van der Waals surface area (Å²) in [5.74, 6) is 0.833. The number of rotatable bonds is 0. The van der Waals surface area contributed by atoms with Gasteiger partial charge in [-0.05, 0) is 12.0 Å². The molecule has 1 aromatic heterocycles. The Hall–Kier alpha value is -0.920. The largest absolute Gasteiger partial charge is 0.245 e. The predicted molar refractivity (Wildman–Crippen MR) is 53.9 cm³/mol. The van der Waals surface area contributed by atoms with Gasteiger partial charge in [0.1, 0.15) is 6.33 Å². The van der Waals surface area contributed by atoms with Crippen molar-refractivity contribution in [2.75, 3.05) is 0 Å². The number of hydrogen-bond donors (Lipinski definition) is 0. The van der Waals surface area contributed by atoms with Crippen molar-refractivity contribution in [2.45, 2.75) is 34.6 Å². The van der Waals surface area contributed by atoms with Crippen LogP contribution in [-0.4, -0.2) is 9.97 Å². The molecule has 0 aliphatic carbocycles. The van der Waals surface area contributed by atoms with Crippen molar-refractivity contribution in [3.05, 3.63) is 24.8 Å². The summed E-state index contributed by atoms with van der Waals surface area (Å²) >= 11 is 0. The standard InChI is InChI=1S/C4H4N2.C4H10.C2H6/c1-2-5-4-6-3-1;1-4(2)3;1-2/h1-4H;4H,1-3H3;1-2H3. The van der Waals surface area contributed by atoms with E-state index < -0.39 is 0 Å². The maximum atomic E-state index is 3.67. The Balaban J connectivity index is 0. The first-order chi connectivity index (χ1) is 5.73. The van der Waals surface area contributed by atoms with Crippen LogP contribution >= 0.6 is 0 Å². The molecule has 12 heavy (non-hydrogen) atoms. The van der Waals surface area contributed by atoms with E-state index in [9.17, 15) is 0 Å². The van der Waals surface area contributed by atoms with Gasteiger partial charge in [0.25, 0.3) is 0 Å². The van der Waals surface area contributed by atoms with Gasteiger partial charge in [-0.15, -0.1) is 0 Å². The molecular weight excluding hydrogens is 148 g/mol. The van der Waals surface area contributed by atoms with E-state index in [1.807, 2.05) is 13.8 Å². The van der Waals surface area contributed by atoms with Crippen LogP contribution in [0, 0.1) is 5.92 Å². The molecule has 2 nitrogen and oxygen atoms in total. The Kier molecular flexibility index (Phi) is 14.5. The van der Waals surface area contributed by atoms with Crippen LogP contribution in [-0.2, 0) is 0 Å². The third-order valence-corrected chi connectivity index (χ3v) is 0.478. The Morgan fingerprint density at radius 3 is 1.33 bits per heavy atom. The van der Waals surface area contributed by atoms with E-state index >= 15 is 0 Å². The van der Waals surface area contributed by atoms with Crippen LogP contribution in [0.2, 0.25) is 0 Å². The van der Waals surface area contributed by atoms with Crippen molar-refractivity contribution >= 4 is 0 Å². The Morgan fingerprint density at radius 2 is 1.25 bits per heavy atom. The second kappa shape index (κ2) is 12.7. The number of aromatic nitrogens is 2. The van der Waals surface area contributed by atoms with Gasteiger partial charge in [0.05, 0.1) is 0 Å². The lowest BCUT2D eigenvalue weighted by Gasteiger charge is -1.79. The van der Waals surface area contributed by atoms with Crippen molar-refractivity contribution in [3.63, 3.8) is 0 Å². The van der Waals surface area contributed by atoms with Crippen molar-refractivity contribution in [1.29, 1.82) is 0 Å². The molecule has 0 atom stereocenters. The molecule has 0 radical (unpaired) electrons. The normalized spacial score (nSPS) is 7.50. The minimum atomic E-state index is 0.833. The van der Waals surface area contributed by atoms with Gasteiger partial charge in [-0.2, -0.15) is 0 Å². The zero-order chi connectivity index (χ0) is 9.82. The Bertz CT molecular complexity index is 108. The maximum Gasteiger partial charge on any atom is 0.115 e. The van der Waals surface area contributed by atoms with Crippen molar-refractivity contribution in [3.8, 4) is 0 Å². The first-order valence-corrected chi connectivity index (χ1v) is 4.43. The topological polar surface area (TPSA) is 25.8 Å². The summed E-state index contributed by atoms with van der Waals surface area (Å²) in [7, 11) is 0. The third-order valence-electron chi connectivity index (χ3n) is 0.478. The molecule has 2 heteroatoms. The average molecular weight is 168 g/mol. The molecule has 0 amide bonds. The zero-order valence-corrected chi connectivity index (χ0v) is 8.78. The molecule has 0 saturated heterocycles. The van der Waals surface area contributed by atoms with E-state index in [0.717, 1.165) is 5.92 Å². The van der Waals surface area contributed by atoms with Crippen LogP contribution in [0.4, 0.5) is 0 Å². The first kappa shape index (κ1) is 13.7. The smallest absolute Gasteiger partial charge is 0.115 e. The first-order valence-electron chi connectivity index (χ1n) is 4.43. The SMILES string of the molecule is CC.CC(C)C.c1cncnc1. The minimum Gasteiger partial charge on any atom is -0.245 e. The quantitative estimate of drug-likeness (QED) is 0.594. The second-order valence-electron chi connectivity index (χ2n) is 2.64. The molecule has 0 aliphatic heterocycles. The summed E-state index contributed by atoms with van der Waals surface area (Å²) in [6, 6.07) is 1.78. The lowest BCUT2D eigenvalue weighted by molar-refractivity contribution is 0.737. The van der Waals surface area contributed by atoms with Gasteiger partial charge in [-0.25, -0.2) is 9.97 Å². The lowest BCUT2D eigenvalue weighted by atomic mass is 10.3. The average Bonchev–Trinajstić information content (AvgIpc) is 2.10. The van der Waals surface area contributed by atoms with E-state index in [1.54, 1.807) is 18.5 Å². The fourth-order valence-electron chi connectivity index (χ4n) is 0.253. The molecule has 70 valence electrons. The molecule has 0 unspecified atom stereocenters. The molecule has 0 bridgehead atoms. The zero-order valence-electron chi connectivity index (χ0n) is 8.78. The molecule has 0 aromatic carbocycles. The van der Waals surface area contributed by atoms with Crippen LogP contribution in [0.5, 0.6) is 0 Å². The fourth-order valence-corrected chi connectivity index (χ4v) is 0.253. The van der Waals surface area contributed by atoms with E-state index in [4.69, 9.17) is 0 Å². The maximum absolute atomic E-state index is 3.67. The summed E-state index contributed by atoms with van der Waals surface area (Å²) in [4.78, 5) is 7.35. The number of nitrogens with zero attached hydrogens (tertiary/aromatic N) is 2. The van der Waals surface area contributed by atoms with Gasteiger partial charge in [0.2, 0.25) is 0 Å². The van der Waals surface area contributed by atoms with Gasteiger partial charge in [-0.3, -0.25) is 0 Å². The molecule has 0 fully saturated rings. The molecule has 1 rings (SSSR count). The summed E-state index contributed by atoms with van der Waals surface area (Å²) in [6.45, 7) is 10.5. The van der Waals surface area contributed by atoms with Crippen LogP contribution in [0.1, 0.15) is 34.6 Å². The van der Waals surface area contributed by atoms with E-state index in [2.05, 4.69) is 30.7 Å². The van der Waals surface area contributed by atoms with Crippen molar-refractivity contribution < 1.29 is 0 Å². The van der Waals surface area contributed by atoms with E-state index in [0.29, 0.717) is 0 Å². The highest BCUT2D eigenvalue weighted by Crippen LogP contribution is 1.81. The van der Waals surface area contributed by atoms with Crippen LogP contribution in [0.15, 0.2) is 24.8 Å². The summed E-state index contributed by atoms with van der Waals surface area (Å²) < 4.78 is 0. The Morgan fingerprint density at radius 1 is 0.917 bits per heavy atom. The summed E-state index contributed by atoms with van der Waals surface area (Å²) in [5.41, 5.74) is 0. The summed E-state index contributed by atoms with van der Waals surface area (Å²) in [6.07, 6.45) is 4.88. The molecule has 0 aliphatic rings. The van der Waals surface area contributed by atoms with Crippen LogP contribution in [0.25, 0.3) is 0 Å². The van der Waals surface area contributed by atoms with Gasteiger partial charge in [0.15, 0.2) is 0 Å². The molecule has 1 aromatic rings. The predicted octanol–water partition coefficient (Wildman–Crippen LogP) is 3.17. The molecule has 0 saturated carbocycles. The molecule has 0 spiro atoms. The fraction of sp³-hybridized carbons (Fsp3) is 0.600. The van der Waals surface area contributed by atoms with Crippen molar-refractivity contribution in [2.24, 2.45) is 5.92 Å². The second-order valence-corrected chi connectivity index (χ2v) is 2.64. The molecule has 0 N–H and O–H groups in total. The molecule has 1 heterocycles. The molecular formula is C10H20N2. The highest BCUT2D eigenvalue weighted by atomic mass is 14.8. The van der Waals surface area contributed by atoms with Gasteiger partial charge >= 0.3 is 0 Å². The highest BCUT2D eigenvalue weighted by molar-refractivity contribution is 4.74. The van der Waals surface area contributed by atoms with Crippen molar-refractivity contribution in [1.82, 2.24) is 9.97 Å². The minimum absolute atomic E-state index is 0.833. The van der Waals surface area contributed by atoms with E-state index in [-0.39, 0.29) is 0 Å². The van der Waals surface area contributed by atoms with E-state index in [1.165, 1.54) is 6.33 Å². The highest BCUT2D eigenvalue weighted by Gasteiger charge is 1.68. The third kappa shape index (κ3) is 23.0. The van der Waals surface area contributed by atoms with Gasteiger partial charge in [0, 0.05) is 12.4 Å². The Labute approximate surface area is 76.1 Å². The summed E-state index contributed by atoms with van der Waals surface area (Å²) in [5, 5.41) is 0. The van der Waals surface area contributed by atoms with Crippen LogP contribution < -0.4 is 0 Å². The number of hydrogen-bond acceptors (Lipinski definition) is 2.